The molecule has 7 nitrogen and oxygen atoms in total. The fourth-order valence-electron chi connectivity index (χ4n) is 2.73. The Morgan fingerprint density at radius 2 is 2.28 bits per heavy atom. The van der Waals surface area contributed by atoms with E-state index in [0.29, 0.717) is 11.3 Å². The zero-order valence-corrected chi connectivity index (χ0v) is 9.66. The molecule has 1 heterocycles. The number of rotatable bonds is 3. The molecule has 7 heteroatoms. The van der Waals surface area contributed by atoms with Crippen LogP contribution < -0.4 is 0 Å². The monoisotopic (exact) mass is 252 g/mol. The maximum absolute atomic E-state index is 11.2. The first kappa shape index (κ1) is 11.2. The summed E-state index contributed by atoms with van der Waals surface area (Å²) < 4.78 is 5.78. The van der Waals surface area contributed by atoms with Crippen LogP contribution >= 0.6 is 0 Å². The number of aromatic carboxylic acids is 1. The molecule has 2 aliphatic carbocycles. The van der Waals surface area contributed by atoms with Crippen molar-refractivity contribution in [2.45, 2.75) is 25.0 Å². The maximum Gasteiger partial charge on any atom is 0.356 e. The number of ether oxygens (including phenoxy) is 1. The minimum atomic E-state index is -1.13. The second-order valence-electron chi connectivity index (χ2n) is 4.64. The highest BCUT2D eigenvalue weighted by atomic mass is 16.5. The van der Waals surface area contributed by atoms with Crippen LogP contribution in [0.3, 0.4) is 0 Å². The summed E-state index contributed by atoms with van der Waals surface area (Å²) in [5.74, 6) is -1.49. The minimum Gasteiger partial charge on any atom is -0.476 e. The lowest BCUT2D eigenvalue weighted by Crippen LogP contribution is -2.17. The highest BCUT2D eigenvalue weighted by Gasteiger charge is 2.56. The first-order valence-electron chi connectivity index (χ1n) is 5.63. The third kappa shape index (κ3) is 1.37. The summed E-state index contributed by atoms with van der Waals surface area (Å²) >= 11 is 0. The molecule has 96 valence electrons. The minimum absolute atomic E-state index is 0.0575. The van der Waals surface area contributed by atoms with Crippen molar-refractivity contribution in [3.8, 4) is 0 Å². The molecule has 3 unspecified atom stereocenters. The van der Waals surface area contributed by atoms with Gasteiger partial charge in [-0.1, -0.05) is 0 Å². The van der Waals surface area contributed by atoms with Gasteiger partial charge in [0, 0.05) is 5.56 Å². The van der Waals surface area contributed by atoms with Crippen LogP contribution in [-0.4, -0.2) is 39.0 Å². The highest BCUT2D eigenvalue weighted by molar-refractivity contribution is 5.88. The number of esters is 1. The van der Waals surface area contributed by atoms with Crippen LogP contribution in [0.4, 0.5) is 0 Å². The lowest BCUT2D eigenvalue weighted by Gasteiger charge is -2.09. The molecule has 3 rings (SSSR count). The molecule has 2 aliphatic rings. The zero-order chi connectivity index (χ0) is 13.0. The van der Waals surface area contributed by atoms with E-state index in [-0.39, 0.29) is 24.1 Å². The maximum atomic E-state index is 11.2. The van der Waals surface area contributed by atoms with Gasteiger partial charge in [-0.05, 0) is 18.3 Å². The summed E-state index contributed by atoms with van der Waals surface area (Å²) in [5, 5.41) is 23.1. The molecule has 2 N–H and O–H groups in total. The van der Waals surface area contributed by atoms with Crippen LogP contribution in [0, 0.1) is 5.92 Å². The molecule has 0 bridgehead atoms. The Balaban J connectivity index is 2.06. The molecule has 3 atom stereocenters. The zero-order valence-electron chi connectivity index (χ0n) is 9.66. The number of aromatic nitrogens is 2. The average molecular weight is 252 g/mol. The normalized spacial score (nSPS) is 27.6. The van der Waals surface area contributed by atoms with E-state index in [2.05, 4.69) is 9.84 Å². The second kappa shape index (κ2) is 3.55. The van der Waals surface area contributed by atoms with E-state index in [9.17, 15) is 14.7 Å². The SMILES string of the molecule is COC(=O)Cn1nc(C(=O)O)c2c1C(O)C1CC21. The first-order valence-corrected chi connectivity index (χ1v) is 5.63. The second-order valence-corrected chi connectivity index (χ2v) is 4.64. The van der Waals surface area contributed by atoms with Gasteiger partial charge in [-0.25, -0.2) is 4.79 Å². The summed E-state index contributed by atoms with van der Waals surface area (Å²) in [7, 11) is 1.25. The van der Waals surface area contributed by atoms with Crippen molar-refractivity contribution in [2.24, 2.45) is 5.92 Å². The van der Waals surface area contributed by atoms with E-state index in [1.807, 2.05) is 0 Å². The number of carbonyl (C=O) groups excluding carboxylic acids is 1. The molecular formula is C11H12N2O5. The lowest BCUT2D eigenvalue weighted by atomic mass is 10.1. The van der Waals surface area contributed by atoms with Crippen LogP contribution in [0.1, 0.15) is 40.2 Å². The molecule has 1 saturated carbocycles. The molecule has 18 heavy (non-hydrogen) atoms. The van der Waals surface area contributed by atoms with Gasteiger partial charge < -0.3 is 14.9 Å². The van der Waals surface area contributed by atoms with Gasteiger partial charge in [-0.15, -0.1) is 0 Å². The van der Waals surface area contributed by atoms with Crippen molar-refractivity contribution in [1.29, 1.82) is 0 Å². The van der Waals surface area contributed by atoms with Gasteiger partial charge in [0.1, 0.15) is 6.54 Å². The molecule has 0 aliphatic heterocycles. The summed E-state index contributed by atoms with van der Waals surface area (Å²) in [5.41, 5.74) is 0.987. The van der Waals surface area contributed by atoms with Gasteiger partial charge in [0.05, 0.1) is 18.9 Å². The largest absolute Gasteiger partial charge is 0.476 e. The molecule has 0 aromatic carbocycles. The molecule has 1 aromatic heterocycles. The van der Waals surface area contributed by atoms with Crippen molar-refractivity contribution in [2.75, 3.05) is 7.11 Å². The number of hydrogen-bond acceptors (Lipinski definition) is 5. The number of carboxylic acids is 1. The molecule has 0 saturated heterocycles. The van der Waals surface area contributed by atoms with E-state index in [0.717, 1.165) is 6.42 Å². The topological polar surface area (TPSA) is 102 Å². The number of fused-ring (bicyclic) bond motifs is 3. The van der Waals surface area contributed by atoms with Gasteiger partial charge in [0.25, 0.3) is 0 Å². The van der Waals surface area contributed by atoms with Crippen molar-refractivity contribution in [3.05, 3.63) is 17.0 Å². The highest BCUT2D eigenvalue weighted by Crippen LogP contribution is 2.62. The number of hydrogen-bond donors (Lipinski definition) is 2. The molecule has 0 spiro atoms. The fraction of sp³-hybridized carbons (Fsp3) is 0.545. The Kier molecular flexibility index (Phi) is 2.21. The third-order valence-electron chi connectivity index (χ3n) is 3.64. The number of carbonyl (C=O) groups is 2. The molecule has 0 radical (unpaired) electrons. The van der Waals surface area contributed by atoms with Gasteiger partial charge in [0.2, 0.25) is 0 Å². The number of carboxylic acid groups (broad SMARTS) is 1. The van der Waals surface area contributed by atoms with Crippen LogP contribution in [0.15, 0.2) is 0 Å². The number of aliphatic hydroxyl groups is 1. The molecular weight excluding hydrogens is 240 g/mol. The van der Waals surface area contributed by atoms with Crippen LogP contribution in [0.25, 0.3) is 0 Å². The number of methoxy groups -OCH3 is 1. The van der Waals surface area contributed by atoms with Gasteiger partial charge in [0.15, 0.2) is 5.69 Å². The predicted octanol–water partition coefficient (Wildman–Crippen LogP) is -0.0952. The van der Waals surface area contributed by atoms with E-state index >= 15 is 0 Å². The lowest BCUT2D eigenvalue weighted by molar-refractivity contribution is -0.141. The summed E-state index contributed by atoms with van der Waals surface area (Å²) in [4.78, 5) is 22.4. The third-order valence-corrected chi connectivity index (χ3v) is 3.64. The Morgan fingerprint density at radius 1 is 1.56 bits per heavy atom. The average Bonchev–Trinajstić information content (AvgIpc) is 2.95. The van der Waals surface area contributed by atoms with E-state index in [1.54, 1.807) is 0 Å². The van der Waals surface area contributed by atoms with Gasteiger partial charge >= 0.3 is 11.9 Å². The van der Waals surface area contributed by atoms with Crippen molar-refractivity contribution >= 4 is 11.9 Å². The summed E-state index contributed by atoms with van der Waals surface area (Å²) in [6.07, 6.45) is 0.0634. The first-order chi connectivity index (χ1) is 8.54. The Bertz CT molecular complexity index is 550. The van der Waals surface area contributed by atoms with E-state index < -0.39 is 18.0 Å². The molecule has 1 aromatic rings. The molecule has 0 amide bonds. The van der Waals surface area contributed by atoms with Crippen molar-refractivity contribution < 1.29 is 24.5 Å². The van der Waals surface area contributed by atoms with E-state index in [1.165, 1.54) is 11.8 Å². The van der Waals surface area contributed by atoms with Gasteiger partial charge in [-0.3, -0.25) is 9.48 Å². The van der Waals surface area contributed by atoms with E-state index in [4.69, 9.17) is 5.11 Å². The quantitative estimate of drug-likeness (QED) is 0.729. The number of aliphatic hydroxyl groups excluding tert-OH is 1. The van der Waals surface area contributed by atoms with Crippen molar-refractivity contribution in [3.63, 3.8) is 0 Å². The van der Waals surface area contributed by atoms with Gasteiger partial charge in [-0.2, -0.15) is 5.10 Å². The van der Waals surface area contributed by atoms with Crippen LogP contribution in [-0.2, 0) is 16.1 Å². The Labute approximate surface area is 102 Å². The predicted molar refractivity (Wildman–Crippen MR) is 57.0 cm³/mol. The van der Waals surface area contributed by atoms with Crippen molar-refractivity contribution in [1.82, 2.24) is 9.78 Å². The van der Waals surface area contributed by atoms with Crippen LogP contribution in [0.2, 0.25) is 0 Å². The summed E-state index contributed by atoms with van der Waals surface area (Å²) in [6.45, 7) is -0.178. The standard InChI is InChI=1S/C11H12N2O5/c1-18-6(14)3-13-9-7(8(12-13)11(16)17)4-2-5(4)10(9)15/h4-5,10,15H,2-3H2,1H3,(H,16,17). The molecule has 1 fully saturated rings. The summed E-state index contributed by atoms with van der Waals surface area (Å²) in [6, 6.07) is 0. The van der Waals surface area contributed by atoms with Crippen LogP contribution in [0.5, 0.6) is 0 Å². The smallest absolute Gasteiger partial charge is 0.356 e. The number of nitrogens with zero attached hydrogens (tertiary/aromatic N) is 2. The Hall–Kier alpha value is -1.89. The fourth-order valence-corrected chi connectivity index (χ4v) is 2.73. The Morgan fingerprint density at radius 3 is 2.89 bits per heavy atom.